The maximum Gasteiger partial charge on any atom is 0.349 e. The lowest BCUT2D eigenvalue weighted by Crippen LogP contribution is -2.29. The molecule has 20 heavy (non-hydrogen) atoms. The Balaban J connectivity index is 2.22. The van der Waals surface area contributed by atoms with E-state index in [4.69, 9.17) is 9.15 Å². The van der Waals surface area contributed by atoms with Crippen molar-refractivity contribution in [3.05, 3.63) is 46.1 Å². The third kappa shape index (κ3) is 3.21. The Labute approximate surface area is 114 Å². The van der Waals surface area contributed by atoms with E-state index in [9.17, 15) is 14.0 Å². The Morgan fingerprint density at radius 1 is 1.40 bits per heavy atom. The number of amides is 1. The van der Waals surface area contributed by atoms with Crippen molar-refractivity contribution in [1.29, 1.82) is 0 Å². The highest BCUT2D eigenvalue weighted by atomic mass is 19.1. The average molecular weight is 279 g/mol. The number of carbonyl (C=O) groups is 1. The quantitative estimate of drug-likeness (QED) is 0.668. The summed E-state index contributed by atoms with van der Waals surface area (Å²) in [5.74, 6) is -1.00. The van der Waals surface area contributed by atoms with E-state index in [2.05, 4.69) is 5.32 Å². The van der Waals surface area contributed by atoms with Crippen LogP contribution in [0.3, 0.4) is 0 Å². The molecule has 0 fully saturated rings. The molecule has 5 nitrogen and oxygen atoms in total. The van der Waals surface area contributed by atoms with Crippen LogP contribution in [0.4, 0.5) is 4.39 Å². The molecule has 1 amide bonds. The van der Waals surface area contributed by atoms with Crippen LogP contribution < -0.4 is 10.9 Å². The fourth-order valence-electron chi connectivity index (χ4n) is 1.77. The first-order valence-corrected chi connectivity index (χ1v) is 6.12. The minimum absolute atomic E-state index is 0.138. The summed E-state index contributed by atoms with van der Waals surface area (Å²) < 4.78 is 23.0. The van der Waals surface area contributed by atoms with Gasteiger partial charge in [0, 0.05) is 25.6 Å². The van der Waals surface area contributed by atoms with Crippen molar-refractivity contribution in [2.24, 2.45) is 0 Å². The average Bonchev–Trinajstić information content (AvgIpc) is 2.43. The Hall–Kier alpha value is -2.21. The summed E-state index contributed by atoms with van der Waals surface area (Å²) in [4.78, 5) is 23.6. The lowest BCUT2D eigenvalue weighted by atomic mass is 10.1. The van der Waals surface area contributed by atoms with Gasteiger partial charge in [0.25, 0.3) is 5.91 Å². The second kappa shape index (κ2) is 6.29. The first-order valence-electron chi connectivity index (χ1n) is 6.12. The maximum absolute atomic E-state index is 13.1. The molecule has 106 valence electrons. The Morgan fingerprint density at radius 3 is 2.95 bits per heavy atom. The van der Waals surface area contributed by atoms with Gasteiger partial charge in [0.15, 0.2) is 0 Å². The third-order valence-corrected chi connectivity index (χ3v) is 2.75. The number of hydrogen-bond donors (Lipinski definition) is 1. The minimum Gasteiger partial charge on any atom is -0.422 e. The monoisotopic (exact) mass is 279 g/mol. The molecule has 6 heteroatoms. The lowest BCUT2D eigenvalue weighted by molar-refractivity contribution is 0.0945. The van der Waals surface area contributed by atoms with Crippen LogP contribution in [0.1, 0.15) is 16.8 Å². The molecule has 0 spiro atoms. The van der Waals surface area contributed by atoms with Crippen LogP contribution in [0.15, 0.2) is 33.5 Å². The molecule has 1 heterocycles. The zero-order valence-electron chi connectivity index (χ0n) is 10.9. The number of carbonyl (C=O) groups excluding carboxylic acids is 1. The summed E-state index contributed by atoms with van der Waals surface area (Å²) >= 11 is 0. The summed E-state index contributed by atoms with van der Waals surface area (Å²) in [7, 11) is 1.56. The summed E-state index contributed by atoms with van der Waals surface area (Å²) in [6.07, 6.45) is 0.635. The van der Waals surface area contributed by atoms with Gasteiger partial charge in [0.2, 0.25) is 0 Å². The molecule has 0 aliphatic rings. The highest BCUT2D eigenvalue weighted by Crippen LogP contribution is 2.14. The van der Waals surface area contributed by atoms with Crippen LogP contribution in [0.5, 0.6) is 0 Å². The predicted molar refractivity (Wildman–Crippen MR) is 71.3 cm³/mol. The number of nitrogens with one attached hydrogen (secondary N) is 1. The van der Waals surface area contributed by atoms with Gasteiger partial charge in [0.1, 0.15) is 17.0 Å². The standard InChI is InChI=1S/C14H14FNO4/c1-19-6-2-5-16-13(17)11-8-9-7-10(15)3-4-12(9)20-14(11)18/h3-4,7-8H,2,5-6H2,1H3,(H,16,17). The summed E-state index contributed by atoms with van der Waals surface area (Å²) in [5.41, 5.74) is -0.638. The van der Waals surface area contributed by atoms with Crippen molar-refractivity contribution in [3.8, 4) is 0 Å². The Kier molecular flexibility index (Phi) is 4.47. The molecular weight excluding hydrogens is 265 g/mol. The number of benzene rings is 1. The van der Waals surface area contributed by atoms with Crippen molar-refractivity contribution in [1.82, 2.24) is 5.32 Å². The molecular formula is C14H14FNO4. The molecule has 1 aromatic heterocycles. The maximum atomic E-state index is 13.1. The molecule has 1 aromatic carbocycles. The van der Waals surface area contributed by atoms with E-state index in [0.717, 1.165) is 0 Å². The molecule has 0 aliphatic carbocycles. The van der Waals surface area contributed by atoms with E-state index >= 15 is 0 Å². The minimum atomic E-state index is -0.742. The van der Waals surface area contributed by atoms with Crippen molar-refractivity contribution in [2.75, 3.05) is 20.3 Å². The smallest absolute Gasteiger partial charge is 0.349 e. The highest BCUT2D eigenvalue weighted by molar-refractivity contribution is 5.96. The van der Waals surface area contributed by atoms with Crippen molar-refractivity contribution < 1.29 is 18.3 Å². The normalized spacial score (nSPS) is 10.7. The van der Waals surface area contributed by atoms with Gasteiger partial charge in [-0.05, 0) is 30.7 Å². The Bertz CT molecular complexity index is 680. The first-order chi connectivity index (χ1) is 9.61. The van der Waals surface area contributed by atoms with E-state index < -0.39 is 17.3 Å². The van der Waals surface area contributed by atoms with Gasteiger partial charge in [-0.3, -0.25) is 4.79 Å². The van der Waals surface area contributed by atoms with E-state index in [-0.39, 0.29) is 11.1 Å². The van der Waals surface area contributed by atoms with E-state index in [1.807, 2.05) is 0 Å². The van der Waals surface area contributed by atoms with Crippen LogP contribution in [-0.2, 0) is 4.74 Å². The summed E-state index contributed by atoms with van der Waals surface area (Å²) in [6.45, 7) is 0.894. The fraction of sp³-hybridized carbons (Fsp3) is 0.286. The molecule has 0 unspecified atom stereocenters. The molecule has 2 aromatic rings. The van der Waals surface area contributed by atoms with Gasteiger partial charge in [-0.1, -0.05) is 0 Å². The second-order valence-corrected chi connectivity index (χ2v) is 4.23. The fourth-order valence-corrected chi connectivity index (χ4v) is 1.77. The van der Waals surface area contributed by atoms with Crippen LogP contribution in [0, 0.1) is 5.82 Å². The van der Waals surface area contributed by atoms with E-state index in [0.29, 0.717) is 25.0 Å². The lowest BCUT2D eigenvalue weighted by Gasteiger charge is -2.05. The predicted octanol–water partition coefficient (Wildman–Crippen LogP) is 1.70. The van der Waals surface area contributed by atoms with Gasteiger partial charge in [-0.2, -0.15) is 0 Å². The second-order valence-electron chi connectivity index (χ2n) is 4.23. The van der Waals surface area contributed by atoms with Crippen LogP contribution in [0.2, 0.25) is 0 Å². The molecule has 0 saturated carbocycles. The molecule has 0 radical (unpaired) electrons. The summed E-state index contributed by atoms with van der Waals surface area (Å²) in [6, 6.07) is 5.08. The molecule has 0 saturated heterocycles. The first kappa shape index (κ1) is 14.2. The molecule has 2 rings (SSSR count). The van der Waals surface area contributed by atoms with Crippen LogP contribution >= 0.6 is 0 Å². The van der Waals surface area contributed by atoms with Gasteiger partial charge >= 0.3 is 5.63 Å². The molecule has 0 bridgehead atoms. The number of ether oxygens (including phenoxy) is 1. The SMILES string of the molecule is COCCCNC(=O)c1cc2cc(F)ccc2oc1=O. The number of fused-ring (bicyclic) bond motifs is 1. The largest absolute Gasteiger partial charge is 0.422 e. The number of hydrogen-bond acceptors (Lipinski definition) is 4. The van der Waals surface area contributed by atoms with Crippen LogP contribution in [-0.4, -0.2) is 26.2 Å². The number of halogens is 1. The van der Waals surface area contributed by atoms with Gasteiger partial charge in [-0.15, -0.1) is 0 Å². The third-order valence-electron chi connectivity index (χ3n) is 2.75. The summed E-state index contributed by atoms with van der Waals surface area (Å²) in [5, 5.41) is 2.95. The van der Waals surface area contributed by atoms with Crippen molar-refractivity contribution in [3.63, 3.8) is 0 Å². The number of rotatable bonds is 5. The van der Waals surface area contributed by atoms with Gasteiger partial charge in [-0.25, -0.2) is 9.18 Å². The zero-order valence-corrected chi connectivity index (χ0v) is 10.9. The van der Waals surface area contributed by atoms with E-state index in [1.54, 1.807) is 7.11 Å². The van der Waals surface area contributed by atoms with Gasteiger partial charge < -0.3 is 14.5 Å². The zero-order chi connectivity index (χ0) is 14.5. The van der Waals surface area contributed by atoms with E-state index in [1.165, 1.54) is 24.3 Å². The van der Waals surface area contributed by atoms with Gasteiger partial charge in [0.05, 0.1) is 0 Å². The Morgan fingerprint density at radius 2 is 2.20 bits per heavy atom. The topological polar surface area (TPSA) is 68.5 Å². The van der Waals surface area contributed by atoms with Crippen molar-refractivity contribution >= 4 is 16.9 Å². The highest BCUT2D eigenvalue weighted by Gasteiger charge is 2.13. The van der Waals surface area contributed by atoms with Crippen LogP contribution in [0.25, 0.3) is 11.0 Å². The molecule has 1 N–H and O–H groups in total. The molecule has 0 atom stereocenters. The number of methoxy groups -OCH3 is 1. The van der Waals surface area contributed by atoms with Crippen molar-refractivity contribution in [2.45, 2.75) is 6.42 Å². The molecule has 0 aliphatic heterocycles.